The van der Waals surface area contributed by atoms with Crippen LogP contribution in [0.5, 0.6) is 0 Å². The van der Waals surface area contributed by atoms with Gasteiger partial charge in [-0.3, -0.25) is 5.10 Å². The molecule has 0 radical (unpaired) electrons. The summed E-state index contributed by atoms with van der Waals surface area (Å²) >= 11 is 0. The highest BCUT2D eigenvalue weighted by atomic mass is 19.1. The number of nitrogens with zero attached hydrogens (tertiary/aromatic N) is 5. The molecule has 0 atom stereocenters. The van der Waals surface area contributed by atoms with E-state index in [1.165, 1.54) is 12.1 Å². The summed E-state index contributed by atoms with van der Waals surface area (Å²) in [5.74, 6) is 1.40. The number of fused-ring (bicyclic) bond motifs is 1. The monoisotopic (exact) mass is 453 g/mol. The molecule has 0 aliphatic carbocycles. The minimum absolute atomic E-state index is 0.270. The van der Waals surface area contributed by atoms with Gasteiger partial charge in [0.05, 0.1) is 17.2 Å². The lowest BCUT2D eigenvalue weighted by atomic mass is 10.0. The third-order valence-electron chi connectivity index (χ3n) is 6.41. The lowest BCUT2D eigenvalue weighted by molar-refractivity contribution is 0.312. The van der Waals surface area contributed by atoms with E-state index in [-0.39, 0.29) is 5.82 Å². The number of rotatable bonds is 4. The molecule has 1 aliphatic heterocycles. The Labute approximate surface area is 196 Å². The molecule has 4 heterocycles. The molecule has 0 saturated carbocycles. The number of likely N-dealkylation sites (N-methyl/N-ethyl adjacent to an activating group) is 1. The number of nitrogens with one attached hydrogen (secondary N) is 2. The van der Waals surface area contributed by atoms with Gasteiger partial charge in [-0.25, -0.2) is 14.4 Å². The Morgan fingerprint density at radius 2 is 1.74 bits per heavy atom. The summed E-state index contributed by atoms with van der Waals surface area (Å²) < 4.78 is 13.8. The average molecular weight is 454 g/mol. The number of aromatic amines is 2. The number of benzene rings is 2. The van der Waals surface area contributed by atoms with Crippen molar-refractivity contribution in [2.24, 2.45) is 0 Å². The number of aromatic nitrogens is 5. The summed E-state index contributed by atoms with van der Waals surface area (Å²) in [4.78, 5) is 17.6. The maximum Gasteiger partial charge on any atom is 0.157 e. The molecule has 0 spiro atoms. The quantitative estimate of drug-likeness (QED) is 0.417. The van der Waals surface area contributed by atoms with Crippen LogP contribution < -0.4 is 4.90 Å². The fraction of sp³-hybridized carbons (Fsp3) is 0.192. The predicted molar refractivity (Wildman–Crippen MR) is 132 cm³/mol. The number of piperazine rings is 1. The minimum atomic E-state index is -0.270. The smallest absolute Gasteiger partial charge is 0.157 e. The summed E-state index contributed by atoms with van der Waals surface area (Å²) in [5.41, 5.74) is 6.00. The molecule has 170 valence electrons. The molecule has 2 aromatic carbocycles. The van der Waals surface area contributed by atoms with E-state index in [4.69, 9.17) is 9.97 Å². The zero-order valence-corrected chi connectivity index (χ0v) is 18.8. The van der Waals surface area contributed by atoms with Gasteiger partial charge in [-0.2, -0.15) is 5.10 Å². The molecule has 8 heteroatoms. The fourth-order valence-electron chi connectivity index (χ4n) is 4.49. The fourth-order valence-corrected chi connectivity index (χ4v) is 4.49. The maximum atomic E-state index is 13.8. The zero-order chi connectivity index (χ0) is 23.1. The van der Waals surface area contributed by atoms with Crippen molar-refractivity contribution in [3.63, 3.8) is 0 Å². The van der Waals surface area contributed by atoms with Crippen molar-refractivity contribution < 1.29 is 4.39 Å². The Hall–Kier alpha value is -4.04. The first-order valence-corrected chi connectivity index (χ1v) is 11.3. The third-order valence-corrected chi connectivity index (χ3v) is 6.41. The largest absolute Gasteiger partial charge is 0.354 e. The Morgan fingerprint density at radius 3 is 2.53 bits per heavy atom. The van der Waals surface area contributed by atoms with Gasteiger partial charge in [-0.05, 0) is 42.9 Å². The Balaban J connectivity index is 1.34. The van der Waals surface area contributed by atoms with Crippen LogP contribution in [-0.4, -0.2) is 63.3 Å². The van der Waals surface area contributed by atoms with Gasteiger partial charge in [0.2, 0.25) is 0 Å². The van der Waals surface area contributed by atoms with Gasteiger partial charge in [-0.1, -0.05) is 24.3 Å². The van der Waals surface area contributed by atoms with Crippen molar-refractivity contribution in [3.8, 4) is 33.8 Å². The molecular weight excluding hydrogens is 429 g/mol. The van der Waals surface area contributed by atoms with E-state index >= 15 is 0 Å². The molecule has 1 fully saturated rings. The second-order valence-corrected chi connectivity index (χ2v) is 8.65. The van der Waals surface area contributed by atoms with Gasteiger partial charge < -0.3 is 14.8 Å². The van der Waals surface area contributed by atoms with Crippen molar-refractivity contribution in [1.29, 1.82) is 0 Å². The number of hydrogen-bond donors (Lipinski definition) is 2. The third kappa shape index (κ3) is 3.72. The Morgan fingerprint density at radius 1 is 0.882 bits per heavy atom. The van der Waals surface area contributed by atoms with E-state index in [9.17, 15) is 4.39 Å². The van der Waals surface area contributed by atoms with E-state index in [1.54, 1.807) is 12.3 Å². The lowest BCUT2D eigenvalue weighted by Gasteiger charge is -2.33. The summed E-state index contributed by atoms with van der Waals surface area (Å²) in [7, 11) is 2.15. The summed E-state index contributed by atoms with van der Waals surface area (Å²) in [6, 6.07) is 16.6. The molecule has 1 aliphatic rings. The highest BCUT2D eigenvalue weighted by molar-refractivity contribution is 5.94. The molecule has 0 unspecified atom stereocenters. The molecule has 5 aromatic rings. The van der Waals surface area contributed by atoms with E-state index in [2.05, 4.69) is 44.2 Å². The molecule has 34 heavy (non-hydrogen) atoms. The predicted octanol–water partition coefficient (Wildman–Crippen LogP) is 4.57. The van der Waals surface area contributed by atoms with Gasteiger partial charge in [-0.15, -0.1) is 0 Å². The standard InChI is InChI=1S/C26H24FN7/c1-33-10-12-34(13-11-33)23-9-8-18(15-28-23)21-16-29-32-25(21)26-30-22-7-3-6-20(24(22)31-26)17-4-2-5-19(27)14-17/h2-9,14-16H,10-13H2,1H3,(H,29,32)(H,30,31). The van der Waals surface area contributed by atoms with Crippen molar-refractivity contribution in [1.82, 2.24) is 30.0 Å². The van der Waals surface area contributed by atoms with Crippen LogP contribution in [0.3, 0.4) is 0 Å². The highest BCUT2D eigenvalue weighted by Gasteiger charge is 2.18. The SMILES string of the molecule is CN1CCN(c2ccc(-c3cn[nH]c3-c3nc4c(-c5cccc(F)c5)cccc4[nH]3)cn2)CC1. The van der Waals surface area contributed by atoms with Gasteiger partial charge in [0.25, 0.3) is 0 Å². The molecule has 6 rings (SSSR count). The number of para-hydroxylation sites is 1. The number of anilines is 1. The Kier molecular flexibility index (Phi) is 5.07. The second kappa shape index (κ2) is 8.39. The number of halogens is 1. The highest BCUT2D eigenvalue weighted by Crippen LogP contribution is 2.33. The molecule has 0 bridgehead atoms. The summed E-state index contributed by atoms with van der Waals surface area (Å²) in [5, 5.41) is 7.36. The van der Waals surface area contributed by atoms with Crippen molar-refractivity contribution in [2.45, 2.75) is 0 Å². The van der Waals surface area contributed by atoms with Crippen LogP contribution in [0.2, 0.25) is 0 Å². The first kappa shape index (κ1) is 20.6. The van der Waals surface area contributed by atoms with Crippen LogP contribution in [0.1, 0.15) is 0 Å². The van der Waals surface area contributed by atoms with Gasteiger partial charge in [0.1, 0.15) is 17.3 Å². The molecule has 1 saturated heterocycles. The maximum absolute atomic E-state index is 13.8. The van der Waals surface area contributed by atoms with Crippen molar-refractivity contribution in [2.75, 3.05) is 38.1 Å². The van der Waals surface area contributed by atoms with Crippen LogP contribution in [0.25, 0.3) is 44.8 Å². The molecule has 2 N–H and O–H groups in total. The normalized spacial score (nSPS) is 14.7. The Bertz CT molecular complexity index is 1450. The molecule has 7 nitrogen and oxygen atoms in total. The minimum Gasteiger partial charge on any atom is -0.354 e. The average Bonchev–Trinajstić information content (AvgIpc) is 3.52. The first-order chi connectivity index (χ1) is 16.7. The van der Waals surface area contributed by atoms with Crippen LogP contribution >= 0.6 is 0 Å². The topological polar surface area (TPSA) is 76.7 Å². The van der Waals surface area contributed by atoms with Crippen LogP contribution in [0.4, 0.5) is 10.2 Å². The second-order valence-electron chi connectivity index (χ2n) is 8.65. The van der Waals surface area contributed by atoms with Crippen LogP contribution in [0, 0.1) is 5.82 Å². The summed E-state index contributed by atoms with van der Waals surface area (Å²) in [6.45, 7) is 4.04. The van der Waals surface area contributed by atoms with E-state index in [0.29, 0.717) is 5.82 Å². The van der Waals surface area contributed by atoms with Crippen LogP contribution in [-0.2, 0) is 0 Å². The molecule has 0 amide bonds. The first-order valence-electron chi connectivity index (χ1n) is 11.3. The summed E-state index contributed by atoms with van der Waals surface area (Å²) in [6.07, 6.45) is 3.69. The van der Waals surface area contributed by atoms with E-state index in [1.807, 2.05) is 30.5 Å². The van der Waals surface area contributed by atoms with E-state index in [0.717, 1.165) is 71.0 Å². The van der Waals surface area contributed by atoms with Gasteiger partial charge in [0.15, 0.2) is 5.82 Å². The van der Waals surface area contributed by atoms with Gasteiger partial charge >= 0.3 is 0 Å². The molecule has 3 aromatic heterocycles. The van der Waals surface area contributed by atoms with Crippen molar-refractivity contribution in [3.05, 3.63) is 72.8 Å². The van der Waals surface area contributed by atoms with Gasteiger partial charge in [0, 0.05) is 49.1 Å². The number of H-pyrrole nitrogens is 2. The number of hydrogen-bond acceptors (Lipinski definition) is 5. The van der Waals surface area contributed by atoms with Crippen molar-refractivity contribution >= 4 is 16.9 Å². The lowest BCUT2D eigenvalue weighted by Crippen LogP contribution is -2.44. The zero-order valence-electron chi connectivity index (χ0n) is 18.8. The molecular formula is C26H24FN7. The van der Waals surface area contributed by atoms with E-state index < -0.39 is 0 Å². The number of pyridine rings is 1. The number of imidazole rings is 1. The van der Waals surface area contributed by atoms with Crippen LogP contribution in [0.15, 0.2) is 67.0 Å².